The highest BCUT2D eigenvalue weighted by Gasteiger charge is 2.17. The molecule has 0 aromatic heterocycles. The average molecular weight is 137 g/mol. The Morgan fingerprint density at radius 3 is 2.38 bits per heavy atom. The Balaban J connectivity index is 0.000000490. The van der Waals surface area contributed by atoms with Crippen molar-refractivity contribution in [3.8, 4) is 0 Å². The summed E-state index contributed by atoms with van der Waals surface area (Å²) in [6, 6.07) is 0. The van der Waals surface area contributed by atoms with Crippen LogP contribution in [0, 0.1) is 0 Å². The van der Waals surface area contributed by atoms with Crippen LogP contribution in [0.2, 0.25) is 0 Å². The third-order valence-corrected chi connectivity index (χ3v) is 1.33. The summed E-state index contributed by atoms with van der Waals surface area (Å²) in [5.74, 6) is 0. The Kier molecular flexibility index (Phi) is 3.40. The van der Waals surface area contributed by atoms with Gasteiger partial charge in [-0.1, -0.05) is 0 Å². The summed E-state index contributed by atoms with van der Waals surface area (Å²) in [7, 11) is 1.94. The monoisotopic (exact) mass is 137 g/mol. The fourth-order valence-corrected chi connectivity index (χ4v) is 0.881. The highest BCUT2D eigenvalue weighted by atomic mass is 32.1. The Morgan fingerprint density at radius 2 is 2.25 bits per heavy atom. The van der Waals surface area contributed by atoms with E-state index in [0.717, 1.165) is 13.0 Å². The van der Waals surface area contributed by atoms with Crippen molar-refractivity contribution in [2.45, 2.75) is 12.6 Å². The largest absolute Gasteiger partial charge is 0.303 e. The number of halogens is 1. The minimum absolute atomic E-state index is 0. The maximum atomic E-state index is 12.1. The summed E-state index contributed by atoms with van der Waals surface area (Å²) in [4.78, 5) is 2.00. The predicted molar refractivity (Wildman–Crippen MR) is 37.4 cm³/mol. The molecule has 3 heteroatoms. The van der Waals surface area contributed by atoms with E-state index >= 15 is 0 Å². The van der Waals surface area contributed by atoms with E-state index in [1.807, 2.05) is 11.9 Å². The van der Waals surface area contributed by atoms with Crippen molar-refractivity contribution in [1.29, 1.82) is 0 Å². The zero-order chi connectivity index (χ0) is 5.28. The number of nitrogens with zero attached hydrogens (tertiary/aromatic N) is 1. The van der Waals surface area contributed by atoms with Crippen LogP contribution in [0.1, 0.15) is 6.42 Å². The molecule has 0 N–H and O–H groups in total. The molecule has 0 radical (unpaired) electrons. The molecule has 1 nitrogen and oxygen atoms in total. The van der Waals surface area contributed by atoms with Crippen molar-refractivity contribution in [2.24, 2.45) is 0 Å². The maximum absolute atomic E-state index is 12.1. The second kappa shape index (κ2) is 3.30. The topological polar surface area (TPSA) is 3.24 Å². The van der Waals surface area contributed by atoms with E-state index in [4.69, 9.17) is 0 Å². The molecule has 0 aliphatic carbocycles. The van der Waals surface area contributed by atoms with Gasteiger partial charge in [-0.2, -0.15) is 13.5 Å². The molecule has 0 amide bonds. The lowest BCUT2D eigenvalue weighted by atomic mass is 10.4. The standard InChI is InChI=1S/C5H10FN.H2S/c1-7-3-2-5(6)4-7;/h5H,2-4H2,1H3;1H2/t5-;/m0./s1. The van der Waals surface area contributed by atoms with Crippen molar-refractivity contribution < 1.29 is 4.39 Å². The van der Waals surface area contributed by atoms with Gasteiger partial charge >= 0.3 is 0 Å². The van der Waals surface area contributed by atoms with Gasteiger partial charge in [0.05, 0.1) is 0 Å². The molecule has 1 fully saturated rings. The van der Waals surface area contributed by atoms with Gasteiger partial charge in [-0.05, 0) is 13.5 Å². The van der Waals surface area contributed by atoms with Crippen molar-refractivity contribution >= 4 is 13.5 Å². The molecule has 0 spiro atoms. The lowest BCUT2D eigenvalue weighted by Gasteiger charge is -2.01. The highest BCUT2D eigenvalue weighted by molar-refractivity contribution is 7.59. The summed E-state index contributed by atoms with van der Waals surface area (Å²) in [5.41, 5.74) is 0. The number of hydrogen-bond donors (Lipinski definition) is 0. The predicted octanol–water partition coefficient (Wildman–Crippen LogP) is 0.773. The van der Waals surface area contributed by atoms with E-state index in [1.165, 1.54) is 0 Å². The molecule has 8 heavy (non-hydrogen) atoms. The second-order valence-corrected chi connectivity index (χ2v) is 2.15. The maximum Gasteiger partial charge on any atom is 0.114 e. The zero-order valence-corrected chi connectivity index (χ0v) is 6.02. The molecular weight excluding hydrogens is 125 g/mol. The van der Waals surface area contributed by atoms with Gasteiger partial charge in [0, 0.05) is 13.1 Å². The molecule has 0 aromatic carbocycles. The van der Waals surface area contributed by atoms with Gasteiger partial charge in [-0.3, -0.25) is 0 Å². The van der Waals surface area contributed by atoms with Crippen LogP contribution in [0.25, 0.3) is 0 Å². The van der Waals surface area contributed by atoms with Crippen LogP contribution in [0.5, 0.6) is 0 Å². The smallest absolute Gasteiger partial charge is 0.114 e. The third kappa shape index (κ3) is 2.01. The lowest BCUT2D eigenvalue weighted by Crippen LogP contribution is -2.13. The Morgan fingerprint density at radius 1 is 1.62 bits per heavy atom. The van der Waals surface area contributed by atoms with Gasteiger partial charge in [0.1, 0.15) is 6.17 Å². The van der Waals surface area contributed by atoms with E-state index in [-0.39, 0.29) is 13.5 Å². The summed E-state index contributed by atoms with van der Waals surface area (Å²) >= 11 is 0. The van der Waals surface area contributed by atoms with Crippen LogP contribution in [-0.4, -0.2) is 31.2 Å². The summed E-state index contributed by atoms with van der Waals surface area (Å²) < 4.78 is 12.1. The van der Waals surface area contributed by atoms with Gasteiger partial charge in [-0.25, -0.2) is 4.39 Å². The van der Waals surface area contributed by atoms with E-state index < -0.39 is 6.17 Å². The zero-order valence-electron chi connectivity index (χ0n) is 5.02. The molecule has 1 aliphatic heterocycles. The first-order chi connectivity index (χ1) is 3.29. The molecule has 1 rings (SSSR count). The molecule has 1 aliphatic rings. The van der Waals surface area contributed by atoms with Gasteiger partial charge in [-0.15, -0.1) is 0 Å². The van der Waals surface area contributed by atoms with Crippen LogP contribution in [-0.2, 0) is 0 Å². The minimum Gasteiger partial charge on any atom is -0.303 e. The number of rotatable bonds is 0. The van der Waals surface area contributed by atoms with Crippen LogP contribution >= 0.6 is 13.5 Å². The Labute approximate surface area is 56.3 Å². The average Bonchev–Trinajstić information content (AvgIpc) is 1.87. The van der Waals surface area contributed by atoms with Crippen LogP contribution in [0.3, 0.4) is 0 Å². The van der Waals surface area contributed by atoms with E-state index in [2.05, 4.69) is 0 Å². The van der Waals surface area contributed by atoms with E-state index in [0.29, 0.717) is 6.54 Å². The summed E-state index contributed by atoms with van der Waals surface area (Å²) in [5, 5.41) is 0. The lowest BCUT2D eigenvalue weighted by molar-refractivity contribution is 0.321. The molecule has 0 bridgehead atoms. The van der Waals surface area contributed by atoms with Gasteiger partial charge in [0.2, 0.25) is 0 Å². The van der Waals surface area contributed by atoms with Crippen LogP contribution < -0.4 is 0 Å². The summed E-state index contributed by atoms with van der Waals surface area (Å²) in [6.45, 7) is 1.57. The van der Waals surface area contributed by atoms with E-state index in [9.17, 15) is 4.39 Å². The first kappa shape index (κ1) is 8.24. The highest BCUT2D eigenvalue weighted by Crippen LogP contribution is 2.08. The normalized spacial score (nSPS) is 30.0. The number of hydrogen-bond acceptors (Lipinski definition) is 1. The molecule has 0 unspecified atom stereocenters. The SMILES string of the molecule is CN1CC[C@H](F)C1.S. The van der Waals surface area contributed by atoms with Gasteiger partial charge in [0.15, 0.2) is 0 Å². The molecule has 1 heterocycles. The fraction of sp³-hybridized carbons (Fsp3) is 1.00. The van der Waals surface area contributed by atoms with Gasteiger partial charge < -0.3 is 4.90 Å². The molecule has 50 valence electrons. The molecular formula is C5H12FNS. The third-order valence-electron chi connectivity index (χ3n) is 1.33. The van der Waals surface area contributed by atoms with Crippen molar-refractivity contribution in [1.82, 2.24) is 4.90 Å². The van der Waals surface area contributed by atoms with Crippen molar-refractivity contribution in [3.05, 3.63) is 0 Å². The first-order valence-corrected chi connectivity index (χ1v) is 2.61. The Hall–Kier alpha value is 0.240. The van der Waals surface area contributed by atoms with Crippen molar-refractivity contribution in [3.63, 3.8) is 0 Å². The van der Waals surface area contributed by atoms with Gasteiger partial charge in [0.25, 0.3) is 0 Å². The van der Waals surface area contributed by atoms with E-state index in [1.54, 1.807) is 0 Å². The van der Waals surface area contributed by atoms with Crippen molar-refractivity contribution in [2.75, 3.05) is 20.1 Å². The molecule has 0 saturated carbocycles. The molecule has 1 saturated heterocycles. The number of alkyl halides is 1. The van der Waals surface area contributed by atoms with Crippen LogP contribution in [0.4, 0.5) is 4.39 Å². The quantitative estimate of drug-likeness (QED) is 0.477. The second-order valence-electron chi connectivity index (χ2n) is 2.15. The van der Waals surface area contributed by atoms with Crippen LogP contribution in [0.15, 0.2) is 0 Å². The minimum atomic E-state index is -0.551. The molecule has 0 aromatic rings. The first-order valence-electron chi connectivity index (χ1n) is 2.61. The number of likely N-dealkylation sites (tertiary alicyclic amines) is 1. The fourth-order valence-electron chi connectivity index (χ4n) is 0.881. The summed E-state index contributed by atoms with van der Waals surface area (Å²) in [6.07, 6.45) is 0.182. The molecule has 1 atom stereocenters. The Bertz CT molecular complexity index is 61.4.